The van der Waals surface area contributed by atoms with Crippen molar-refractivity contribution < 1.29 is 22.4 Å². The summed E-state index contributed by atoms with van der Waals surface area (Å²) in [7, 11) is 0. The van der Waals surface area contributed by atoms with Crippen molar-refractivity contribution in [2.24, 2.45) is 0 Å². The van der Waals surface area contributed by atoms with Crippen LogP contribution in [0.15, 0.2) is 47.1 Å². The lowest BCUT2D eigenvalue weighted by atomic mass is 10.2. The predicted molar refractivity (Wildman–Crippen MR) is 93.6 cm³/mol. The van der Waals surface area contributed by atoms with E-state index >= 15 is 0 Å². The molecule has 3 rings (SSSR count). The van der Waals surface area contributed by atoms with Gasteiger partial charge in [-0.3, -0.25) is 9.78 Å². The van der Waals surface area contributed by atoms with Crippen LogP contribution in [-0.4, -0.2) is 20.7 Å². The van der Waals surface area contributed by atoms with Crippen LogP contribution in [0.25, 0.3) is 11.5 Å². The second-order valence-electron chi connectivity index (χ2n) is 5.31. The Bertz CT molecular complexity index is 1030. The monoisotopic (exact) mass is 414 g/mol. The Balaban J connectivity index is 1.77. The number of amides is 1. The highest BCUT2D eigenvalue weighted by Gasteiger charge is 2.31. The summed E-state index contributed by atoms with van der Waals surface area (Å²) in [5, 5.41) is 6.36. The molecule has 6 nitrogen and oxygen atoms in total. The van der Waals surface area contributed by atoms with Gasteiger partial charge in [0.15, 0.2) is 0 Å². The minimum atomic E-state index is -4.56. The SMILES string of the molecule is O=C(Cn1nc(-c2cccnc2)oc1=S)Nc1cc(C(F)(F)F)ccc1Cl. The fourth-order valence-electron chi connectivity index (χ4n) is 2.14. The summed E-state index contributed by atoms with van der Waals surface area (Å²) in [5.41, 5.74) is -0.540. The average molecular weight is 415 g/mol. The van der Waals surface area contributed by atoms with Gasteiger partial charge < -0.3 is 9.73 Å². The Morgan fingerprint density at radius 1 is 1.33 bits per heavy atom. The van der Waals surface area contributed by atoms with Crippen LogP contribution in [0.3, 0.4) is 0 Å². The average Bonchev–Trinajstić information content (AvgIpc) is 2.97. The zero-order valence-corrected chi connectivity index (χ0v) is 14.9. The molecule has 11 heteroatoms. The van der Waals surface area contributed by atoms with Crippen LogP contribution in [0.1, 0.15) is 5.56 Å². The van der Waals surface area contributed by atoms with E-state index in [2.05, 4.69) is 15.4 Å². The lowest BCUT2D eigenvalue weighted by Gasteiger charge is -2.11. The minimum Gasteiger partial charge on any atom is -0.409 e. The van der Waals surface area contributed by atoms with E-state index in [1.54, 1.807) is 18.3 Å². The Hall–Kier alpha value is -2.72. The van der Waals surface area contributed by atoms with Gasteiger partial charge in [-0.2, -0.15) is 13.2 Å². The van der Waals surface area contributed by atoms with E-state index in [-0.39, 0.29) is 28.0 Å². The molecule has 0 atom stereocenters. The van der Waals surface area contributed by atoms with Gasteiger partial charge in [-0.1, -0.05) is 11.6 Å². The Labute approximate surface area is 160 Å². The molecule has 0 bridgehead atoms. The smallest absolute Gasteiger partial charge is 0.409 e. The molecule has 2 aromatic heterocycles. The first-order chi connectivity index (χ1) is 12.7. The third-order valence-corrected chi connectivity index (χ3v) is 4.00. The normalized spacial score (nSPS) is 11.4. The first-order valence-corrected chi connectivity index (χ1v) is 8.17. The van der Waals surface area contributed by atoms with Crippen LogP contribution in [0, 0.1) is 4.84 Å². The lowest BCUT2D eigenvalue weighted by molar-refractivity contribution is -0.137. The molecule has 0 saturated carbocycles. The zero-order valence-electron chi connectivity index (χ0n) is 13.3. The van der Waals surface area contributed by atoms with Crippen LogP contribution >= 0.6 is 23.8 Å². The number of pyridine rings is 1. The van der Waals surface area contributed by atoms with Crippen molar-refractivity contribution in [1.82, 2.24) is 14.8 Å². The quantitative estimate of drug-likeness (QED) is 0.633. The number of carbonyl (C=O) groups excluding carboxylic acids is 1. The molecule has 0 saturated heterocycles. The molecular weight excluding hydrogens is 405 g/mol. The molecule has 0 aliphatic heterocycles. The minimum absolute atomic E-state index is 0.0313. The Kier molecular flexibility index (Phi) is 5.29. The topological polar surface area (TPSA) is 73.0 Å². The van der Waals surface area contributed by atoms with E-state index in [0.717, 1.165) is 22.9 Å². The highest BCUT2D eigenvalue weighted by Crippen LogP contribution is 2.33. The molecule has 3 aromatic rings. The standard InChI is InChI=1S/C16H10ClF3N4O2S/c17-11-4-3-10(16(18,19)20)6-12(11)22-13(25)8-24-15(27)26-14(23-24)9-2-1-5-21-7-9/h1-7H,8H2,(H,22,25). The third kappa shape index (κ3) is 4.52. The third-order valence-electron chi connectivity index (χ3n) is 3.38. The number of hydrogen-bond donors (Lipinski definition) is 1. The van der Waals surface area contributed by atoms with Gasteiger partial charge in [-0.15, -0.1) is 5.10 Å². The van der Waals surface area contributed by atoms with Crippen molar-refractivity contribution in [3.63, 3.8) is 0 Å². The molecule has 27 heavy (non-hydrogen) atoms. The number of carbonyl (C=O) groups is 1. The van der Waals surface area contributed by atoms with Gasteiger partial charge in [-0.05, 0) is 42.5 Å². The first-order valence-electron chi connectivity index (χ1n) is 7.39. The van der Waals surface area contributed by atoms with Gasteiger partial charge in [-0.25, -0.2) is 4.68 Å². The molecular formula is C16H10ClF3N4O2S. The van der Waals surface area contributed by atoms with Crippen molar-refractivity contribution in [3.05, 3.63) is 58.1 Å². The number of nitrogens with zero attached hydrogens (tertiary/aromatic N) is 3. The fraction of sp³-hybridized carbons (Fsp3) is 0.125. The van der Waals surface area contributed by atoms with Gasteiger partial charge in [0, 0.05) is 12.4 Å². The van der Waals surface area contributed by atoms with Crippen LogP contribution in [0.4, 0.5) is 18.9 Å². The Morgan fingerprint density at radius 2 is 2.11 bits per heavy atom. The molecule has 0 radical (unpaired) electrons. The number of aromatic nitrogens is 3. The van der Waals surface area contributed by atoms with Gasteiger partial charge in [0.05, 0.1) is 21.8 Å². The van der Waals surface area contributed by atoms with Crippen molar-refractivity contribution in [3.8, 4) is 11.5 Å². The molecule has 1 N–H and O–H groups in total. The number of alkyl halides is 3. The molecule has 1 amide bonds. The van der Waals surface area contributed by atoms with E-state index < -0.39 is 17.6 Å². The predicted octanol–water partition coefficient (Wildman–Crippen LogP) is 4.58. The van der Waals surface area contributed by atoms with E-state index in [0.29, 0.717) is 5.56 Å². The number of benzene rings is 1. The van der Waals surface area contributed by atoms with Crippen LogP contribution in [-0.2, 0) is 17.5 Å². The van der Waals surface area contributed by atoms with Gasteiger partial charge in [0.2, 0.25) is 11.8 Å². The van der Waals surface area contributed by atoms with Crippen molar-refractivity contribution in [2.45, 2.75) is 12.7 Å². The highest BCUT2D eigenvalue weighted by molar-refractivity contribution is 7.71. The highest BCUT2D eigenvalue weighted by atomic mass is 35.5. The summed E-state index contributed by atoms with van der Waals surface area (Å²) in [6.45, 7) is -0.366. The molecule has 140 valence electrons. The summed E-state index contributed by atoms with van der Waals surface area (Å²) < 4.78 is 44.8. The molecule has 0 aliphatic rings. The van der Waals surface area contributed by atoms with E-state index in [9.17, 15) is 18.0 Å². The molecule has 2 heterocycles. The number of hydrogen-bond acceptors (Lipinski definition) is 5. The largest absolute Gasteiger partial charge is 0.416 e. The van der Waals surface area contributed by atoms with Gasteiger partial charge in [0.25, 0.3) is 4.84 Å². The molecule has 0 spiro atoms. The maximum Gasteiger partial charge on any atom is 0.416 e. The van der Waals surface area contributed by atoms with E-state index in [1.807, 2.05) is 0 Å². The van der Waals surface area contributed by atoms with Crippen LogP contribution < -0.4 is 5.32 Å². The lowest BCUT2D eigenvalue weighted by Crippen LogP contribution is -2.20. The van der Waals surface area contributed by atoms with Crippen LogP contribution in [0.5, 0.6) is 0 Å². The van der Waals surface area contributed by atoms with Gasteiger partial charge in [0.1, 0.15) is 6.54 Å². The number of rotatable bonds is 4. The second kappa shape index (κ2) is 7.49. The molecule has 0 fully saturated rings. The van der Waals surface area contributed by atoms with Crippen molar-refractivity contribution >= 4 is 35.4 Å². The summed E-state index contributed by atoms with van der Waals surface area (Å²) >= 11 is 10.9. The van der Waals surface area contributed by atoms with E-state index in [1.165, 1.54) is 6.20 Å². The Morgan fingerprint density at radius 3 is 2.78 bits per heavy atom. The summed E-state index contributed by atoms with van der Waals surface area (Å²) in [5.74, 6) is -0.503. The number of nitrogens with one attached hydrogen (secondary N) is 1. The van der Waals surface area contributed by atoms with Gasteiger partial charge >= 0.3 is 6.18 Å². The maximum absolute atomic E-state index is 12.8. The van der Waals surface area contributed by atoms with Crippen molar-refractivity contribution in [1.29, 1.82) is 0 Å². The summed E-state index contributed by atoms with van der Waals surface area (Å²) in [6.07, 6.45) is -1.48. The maximum atomic E-state index is 12.8. The van der Waals surface area contributed by atoms with Crippen LogP contribution in [0.2, 0.25) is 5.02 Å². The summed E-state index contributed by atoms with van der Waals surface area (Å²) in [6, 6.07) is 6.01. The summed E-state index contributed by atoms with van der Waals surface area (Å²) in [4.78, 5) is 16.0. The van der Waals surface area contributed by atoms with Crippen molar-refractivity contribution in [2.75, 3.05) is 5.32 Å². The number of anilines is 1. The zero-order chi connectivity index (χ0) is 19.6. The molecule has 0 unspecified atom stereocenters. The number of halogens is 4. The van der Waals surface area contributed by atoms with E-state index in [4.69, 9.17) is 28.2 Å². The molecule has 1 aromatic carbocycles. The molecule has 0 aliphatic carbocycles. The fourth-order valence-corrected chi connectivity index (χ4v) is 2.48. The second-order valence-corrected chi connectivity index (χ2v) is 6.07. The first kappa shape index (κ1) is 19.1.